The van der Waals surface area contributed by atoms with Crippen LogP contribution in [0.15, 0.2) is 48.5 Å². The second-order valence-corrected chi connectivity index (χ2v) is 7.13. The molecule has 0 aliphatic carbocycles. The number of halogens is 1. The highest BCUT2D eigenvalue weighted by molar-refractivity contribution is 7.98. The maximum absolute atomic E-state index is 13.3. The molecule has 0 spiro atoms. The third-order valence-electron chi connectivity index (χ3n) is 4.31. The number of methoxy groups -OCH3 is 1. The minimum Gasteiger partial charge on any atom is -0.493 e. The van der Waals surface area contributed by atoms with Crippen molar-refractivity contribution in [1.82, 2.24) is 9.78 Å². The average molecular weight is 399 g/mol. The van der Waals surface area contributed by atoms with Gasteiger partial charge >= 0.3 is 0 Å². The van der Waals surface area contributed by atoms with Crippen LogP contribution in [0.3, 0.4) is 0 Å². The van der Waals surface area contributed by atoms with Gasteiger partial charge in [-0.15, -0.1) is 0 Å². The van der Waals surface area contributed by atoms with Gasteiger partial charge in [0.05, 0.1) is 18.5 Å². The van der Waals surface area contributed by atoms with E-state index in [1.807, 2.05) is 12.1 Å². The number of carbonyl (C=O) groups excluding carboxylic acids is 1. The number of para-hydroxylation sites is 2. The van der Waals surface area contributed by atoms with Crippen molar-refractivity contribution in [1.29, 1.82) is 0 Å². The van der Waals surface area contributed by atoms with Crippen LogP contribution >= 0.6 is 11.8 Å². The molecule has 0 radical (unpaired) electrons. The quantitative estimate of drug-likeness (QED) is 0.683. The standard InChI is InChI=1S/C20H18FN3O3S/c1-26-17-4-2-3-5-18(17)27-10-19(25)22-20-15-11-28-12-16(15)23-24(20)14-8-6-13(21)7-9-14/h2-9H,10-12H2,1H3,(H,22,25). The Balaban J connectivity index is 1.54. The number of ether oxygens (including phenoxy) is 2. The fourth-order valence-corrected chi connectivity index (χ4v) is 3.99. The van der Waals surface area contributed by atoms with Crippen molar-refractivity contribution in [2.75, 3.05) is 19.0 Å². The number of fused-ring (bicyclic) bond motifs is 1. The predicted octanol–water partition coefficient (Wildman–Crippen LogP) is 3.78. The third kappa shape index (κ3) is 3.68. The Hall–Kier alpha value is -3.00. The van der Waals surface area contributed by atoms with Crippen LogP contribution in [0, 0.1) is 5.82 Å². The fourth-order valence-electron chi connectivity index (χ4n) is 2.96. The van der Waals surface area contributed by atoms with E-state index in [0.29, 0.717) is 23.0 Å². The number of carbonyl (C=O) groups is 1. The Morgan fingerprint density at radius 3 is 2.68 bits per heavy atom. The number of nitrogens with one attached hydrogen (secondary N) is 1. The number of benzene rings is 2. The second-order valence-electron chi connectivity index (χ2n) is 6.14. The lowest BCUT2D eigenvalue weighted by molar-refractivity contribution is -0.118. The van der Waals surface area contributed by atoms with Gasteiger partial charge in [-0.2, -0.15) is 16.9 Å². The Labute approximate surface area is 165 Å². The summed E-state index contributed by atoms with van der Waals surface area (Å²) in [5.41, 5.74) is 2.59. The molecule has 28 heavy (non-hydrogen) atoms. The fraction of sp³-hybridized carbons (Fsp3) is 0.200. The van der Waals surface area contributed by atoms with E-state index in [1.165, 1.54) is 12.1 Å². The van der Waals surface area contributed by atoms with Crippen LogP contribution in [-0.4, -0.2) is 29.4 Å². The Bertz CT molecular complexity index is 1000. The number of anilines is 1. The highest BCUT2D eigenvalue weighted by Crippen LogP contribution is 2.36. The first-order chi connectivity index (χ1) is 13.7. The van der Waals surface area contributed by atoms with Crippen molar-refractivity contribution < 1.29 is 18.7 Å². The van der Waals surface area contributed by atoms with Crippen LogP contribution in [0.2, 0.25) is 0 Å². The van der Waals surface area contributed by atoms with E-state index in [1.54, 1.807) is 47.8 Å². The Morgan fingerprint density at radius 2 is 1.93 bits per heavy atom. The van der Waals surface area contributed by atoms with Gasteiger partial charge in [-0.05, 0) is 36.4 Å². The topological polar surface area (TPSA) is 65.4 Å². The molecule has 1 aliphatic heterocycles. The van der Waals surface area contributed by atoms with Crippen LogP contribution in [0.5, 0.6) is 11.5 Å². The summed E-state index contributed by atoms with van der Waals surface area (Å²) in [6, 6.07) is 13.1. The number of hydrogen-bond donors (Lipinski definition) is 1. The molecule has 1 amide bonds. The van der Waals surface area contributed by atoms with Gasteiger partial charge in [-0.1, -0.05) is 12.1 Å². The summed E-state index contributed by atoms with van der Waals surface area (Å²) >= 11 is 1.74. The molecule has 1 aromatic heterocycles. The molecule has 1 aliphatic rings. The monoisotopic (exact) mass is 399 g/mol. The van der Waals surface area contributed by atoms with Crippen molar-refractivity contribution >= 4 is 23.5 Å². The third-order valence-corrected chi connectivity index (χ3v) is 5.28. The molecule has 6 nitrogen and oxygen atoms in total. The number of nitrogens with zero attached hydrogens (tertiary/aromatic N) is 2. The summed E-state index contributed by atoms with van der Waals surface area (Å²) in [5, 5.41) is 7.49. The van der Waals surface area contributed by atoms with Crippen molar-refractivity contribution in [3.05, 3.63) is 65.6 Å². The normalized spacial score (nSPS) is 12.5. The molecule has 144 valence electrons. The first-order valence-corrected chi connectivity index (χ1v) is 9.81. The predicted molar refractivity (Wildman–Crippen MR) is 106 cm³/mol. The number of thioether (sulfide) groups is 1. The lowest BCUT2D eigenvalue weighted by Gasteiger charge is -2.13. The van der Waals surface area contributed by atoms with E-state index in [9.17, 15) is 9.18 Å². The van der Waals surface area contributed by atoms with Gasteiger partial charge in [-0.3, -0.25) is 4.79 Å². The summed E-state index contributed by atoms with van der Waals surface area (Å²) in [6.07, 6.45) is 0. The zero-order valence-corrected chi connectivity index (χ0v) is 16.0. The molecule has 8 heteroatoms. The van der Waals surface area contributed by atoms with E-state index >= 15 is 0 Å². The van der Waals surface area contributed by atoms with Crippen LogP contribution in [0.4, 0.5) is 10.2 Å². The SMILES string of the molecule is COc1ccccc1OCC(=O)Nc1c2c(nn1-c1ccc(F)cc1)CSC2. The second kappa shape index (κ2) is 7.93. The van der Waals surface area contributed by atoms with Crippen molar-refractivity contribution in [3.8, 4) is 17.2 Å². The number of hydrogen-bond acceptors (Lipinski definition) is 5. The molecule has 0 saturated heterocycles. The van der Waals surface area contributed by atoms with Crippen LogP contribution < -0.4 is 14.8 Å². The van der Waals surface area contributed by atoms with Crippen LogP contribution in [0.25, 0.3) is 5.69 Å². The highest BCUT2D eigenvalue weighted by atomic mass is 32.2. The van der Waals surface area contributed by atoms with Gasteiger partial charge in [0.25, 0.3) is 5.91 Å². The molecule has 2 heterocycles. The largest absolute Gasteiger partial charge is 0.493 e. The van der Waals surface area contributed by atoms with Gasteiger partial charge in [0.1, 0.15) is 11.6 Å². The zero-order valence-electron chi connectivity index (χ0n) is 15.1. The maximum Gasteiger partial charge on any atom is 0.263 e. The van der Waals surface area contributed by atoms with E-state index in [-0.39, 0.29) is 18.3 Å². The maximum atomic E-state index is 13.3. The summed E-state index contributed by atoms with van der Waals surface area (Å²) < 4.78 is 25.7. The number of amides is 1. The van der Waals surface area contributed by atoms with Gasteiger partial charge < -0.3 is 14.8 Å². The zero-order chi connectivity index (χ0) is 19.5. The molecular weight excluding hydrogens is 381 g/mol. The van der Waals surface area contributed by atoms with Crippen LogP contribution in [0.1, 0.15) is 11.3 Å². The summed E-state index contributed by atoms with van der Waals surface area (Å²) in [5.74, 6) is 2.56. The first kappa shape index (κ1) is 18.4. The number of rotatable bonds is 6. The minimum atomic E-state index is -0.324. The lowest BCUT2D eigenvalue weighted by Crippen LogP contribution is -2.22. The number of aromatic nitrogens is 2. The van der Waals surface area contributed by atoms with Crippen molar-refractivity contribution in [2.24, 2.45) is 0 Å². The van der Waals surface area contributed by atoms with Gasteiger partial charge in [-0.25, -0.2) is 9.07 Å². The molecular formula is C20H18FN3O3S. The molecule has 1 N–H and O–H groups in total. The molecule has 3 aromatic rings. The molecule has 0 unspecified atom stereocenters. The summed E-state index contributed by atoms with van der Waals surface area (Å²) in [7, 11) is 1.55. The molecule has 0 atom stereocenters. The van der Waals surface area contributed by atoms with Crippen molar-refractivity contribution in [2.45, 2.75) is 11.5 Å². The lowest BCUT2D eigenvalue weighted by atomic mass is 10.2. The Morgan fingerprint density at radius 1 is 1.18 bits per heavy atom. The van der Waals surface area contributed by atoms with E-state index < -0.39 is 0 Å². The van der Waals surface area contributed by atoms with Gasteiger partial charge in [0, 0.05) is 17.1 Å². The molecule has 0 fully saturated rings. The first-order valence-electron chi connectivity index (χ1n) is 8.66. The van der Waals surface area contributed by atoms with Crippen molar-refractivity contribution in [3.63, 3.8) is 0 Å². The average Bonchev–Trinajstić information content (AvgIpc) is 3.30. The Kier molecular flexibility index (Phi) is 5.21. The summed E-state index contributed by atoms with van der Waals surface area (Å²) in [6.45, 7) is -0.170. The van der Waals surface area contributed by atoms with E-state index in [2.05, 4.69) is 10.4 Å². The van der Waals surface area contributed by atoms with E-state index in [0.717, 1.165) is 22.8 Å². The molecule has 0 saturated carbocycles. The highest BCUT2D eigenvalue weighted by Gasteiger charge is 2.25. The van der Waals surface area contributed by atoms with Gasteiger partial charge in [0.2, 0.25) is 0 Å². The molecule has 4 rings (SSSR count). The van der Waals surface area contributed by atoms with E-state index in [4.69, 9.17) is 9.47 Å². The summed E-state index contributed by atoms with van der Waals surface area (Å²) in [4.78, 5) is 12.5. The minimum absolute atomic E-state index is 0.170. The molecule has 2 aromatic carbocycles. The smallest absolute Gasteiger partial charge is 0.263 e. The van der Waals surface area contributed by atoms with Crippen LogP contribution in [-0.2, 0) is 16.3 Å². The molecule has 0 bridgehead atoms. The van der Waals surface area contributed by atoms with Gasteiger partial charge in [0.15, 0.2) is 18.1 Å².